The van der Waals surface area contributed by atoms with Gasteiger partial charge >= 0.3 is 0 Å². The Hall–Kier alpha value is -2.03. The highest BCUT2D eigenvalue weighted by molar-refractivity contribution is 6.06. The van der Waals surface area contributed by atoms with E-state index >= 15 is 0 Å². The van der Waals surface area contributed by atoms with Crippen molar-refractivity contribution in [2.24, 2.45) is 0 Å². The number of hydrogen-bond acceptors (Lipinski definition) is 2. The maximum Gasteiger partial charge on any atom is 0.134 e. The Morgan fingerprint density at radius 3 is 2.79 bits per heavy atom. The summed E-state index contributed by atoms with van der Waals surface area (Å²) in [7, 11) is 0. The molecule has 1 aromatic rings. The molecule has 0 fully saturated rings. The van der Waals surface area contributed by atoms with Gasteiger partial charge in [0, 0.05) is 17.0 Å². The van der Waals surface area contributed by atoms with Gasteiger partial charge in [0.15, 0.2) is 0 Å². The van der Waals surface area contributed by atoms with Crippen LogP contribution in [-0.2, 0) is 0 Å². The molecule has 0 aromatic heterocycles. The Morgan fingerprint density at radius 2 is 1.93 bits per heavy atom. The van der Waals surface area contributed by atoms with Crippen molar-refractivity contribution in [1.82, 2.24) is 9.97 Å². The number of fused-ring (bicyclic) bond motifs is 3. The Kier molecular flexibility index (Phi) is 1.31. The van der Waals surface area contributed by atoms with Crippen molar-refractivity contribution < 1.29 is 5.11 Å². The minimum Gasteiger partial charge on any atom is -0.507 e. The van der Waals surface area contributed by atoms with Crippen molar-refractivity contribution >= 4 is 10.8 Å². The number of aromatic amines is 1. The van der Waals surface area contributed by atoms with E-state index in [0.29, 0.717) is 5.75 Å². The van der Waals surface area contributed by atoms with Crippen LogP contribution in [0.1, 0.15) is 0 Å². The van der Waals surface area contributed by atoms with E-state index in [-0.39, 0.29) is 0 Å². The van der Waals surface area contributed by atoms with Crippen LogP contribution in [0, 0.1) is 0 Å². The molecule has 0 saturated heterocycles. The summed E-state index contributed by atoms with van der Waals surface area (Å²) >= 11 is 0. The molecule has 14 heavy (non-hydrogen) atoms. The molecule has 2 N–H and O–H groups in total. The van der Waals surface area contributed by atoms with E-state index in [1.165, 1.54) is 0 Å². The molecular weight excluding hydrogens is 176 g/mol. The molecule has 1 aliphatic heterocycles. The SMILES string of the molecule is Oc1c2cnc[nH]c-2c2ccccc12. The lowest BCUT2D eigenvalue weighted by molar-refractivity contribution is 0.484. The lowest BCUT2D eigenvalue weighted by Gasteiger charge is -1.96. The van der Waals surface area contributed by atoms with Gasteiger partial charge in [-0.2, -0.15) is 0 Å². The number of H-pyrrole nitrogens is 1. The second-order valence-electron chi connectivity index (χ2n) is 3.23. The van der Waals surface area contributed by atoms with Crippen LogP contribution >= 0.6 is 0 Å². The molecule has 0 unspecified atom stereocenters. The third-order valence-corrected chi connectivity index (χ3v) is 2.46. The first-order valence-corrected chi connectivity index (χ1v) is 4.39. The minimum atomic E-state index is 0.306. The maximum atomic E-state index is 9.89. The third kappa shape index (κ3) is 0.785. The normalized spacial score (nSPS) is 11.1. The number of benzene rings is 1. The van der Waals surface area contributed by atoms with Crippen LogP contribution in [0.2, 0.25) is 0 Å². The molecule has 0 spiro atoms. The summed E-state index contributed by atoms with van der Waals surface area (Å²) in [6.07, 6.45) is 3.29. The molecule has 1 aromatic carbocycles. The minimum absolute atomic E-state index is 0.306. The number of aromatic nitrogens is 2. The van der Waals surface area contributed by atoms with Crippen molar-refractivity contribution in [3.05, 3.63) is 36.8 Å². The summed E-state index contributed by atoms with van der Waals surface area (Å²) in [6, 6.07) is 7.75. The van der Waals surface area contributed by atoms with E-state index in [9.17, 15) is 5.11 Å². The fourth-order valence-electron chi connectivity index (χ4n) is 1.81. The summed E-state index contributed by atoms with van der Waals surface area (Å²) in [5.74, 6) is 0.306. The van der Waals surface area contributed by atoms with Crippen LogP contribution in [-0.4, -0.2) is 15.1 Å². The van der Waals surface area contributed by atoms with E-state index in [0.717, 1.165) is 22.0 Å². The van der Waals surface area contributed by atoms with Crippen molar-refractivity contribution in [2.75, 3.05) is 0 Å². The molecule has 68 valence electrons. The fourth-order valence-corrected chi connectivity index (χ4v) is 1.81. The average molecular weight is 184 g/mol. The maximum absolute atomic E-state index is 9.89. The fraction of sp³-hybridized carbons (Fsp3) is 0. The van der Waals surface area contributed by atoms with Crippen LogP contribution in [0.3, 0.4) is 0 Å². The smallest absolute Gasteiger partial charge is 0.134 e. The van der Waals surface area contributed by atoms with Crippen molar-refractivity contribution in [1.29, 1.82) is 0 Å². The molecule has 0 saturated carbocycles. The number of rotatable bonds is 0. The summed E-state index contributed by atoms with van der Waals surface area (Å²) < 4.78 is 0. The largest absolute Gasteiger partial charge is 0.507 e. The van der Waals surface area contributed by atoms with E-state index < -0.39 is 0 Å². The second-order valence-corrected chi connectivity index (χ2v) is 3.23. The molecule has 1 aliphatic carbocycles. The Morgan fingerprint density at radius 1 is 1.14 bits per heavy atom. The topological polar surface area (TPSA) is 48.9 Å². The van der Waals surface area contributed by atoms with E-state index in [2.05, 4.69) is 9.97 Å². The molecule has 3 nitrogen and oxygen atoms in total. The highest BCUT2D eigenvalue weighted by Gasteiger charge is 2.16. The van der Waals surface area contributed by atoms with Gasteiger partial charge in [-0.15, -0.1) is 0 Å². The Balaban J connectivity index is 2.61. The van der Waals surface area contributed by atoms with E-state index in [1.54, 1.807) is 12.5 Å². The zero-order chi connectivity index (χ0) is 9.54. The highest BCUT2D eigenvalue weighted by Crippen LogP contribution is 2.41. The van der Waals surface area contributed by atoms with Gasteiger partial charge in [-0.05, 0) is 0 Å². The molecule has 2 aliphatic rings. The predicted octanol–water partition coefficient (Wildman–Crippen LogP) is 2.37. The number of nitrogens with zero attached hydrogens (tertiary/aromatic N) is 1. The van der Waals surface area contributed by atoms with Crippen molar-refractivity contribution in [3.8, 4) is 17.0 Å². The number of hydrogen-bond donors (Lipinski definition) is 2. The van der Waals surface area contributed by atoms with Gasteiger partial charge in [-0.25, -0.2) is 4.98 Å². The van der Waals surface area contributed by atoms with Crippen LogP contribution in [0.4, 0.5) is 0 Å². The summed E-state index contributed by atoms with van der Waals surface area (Å²) in [6.45, 7) is 0. The predicted molar refractivity (Wildman–Crippen MR) is 54.4 cm³/mol. The van der Waals surface area contributed by atoms with E-state index in [1.807, 2.05) is 24.3 Å². The first-order chi connectivity index (χ1) is 6.88. The number of nitrogens with one attached hydrogen (secondary N) is 1. The van der Waals surface area contributed by atoms with Crippen molar-refractivity contribution in [2.45, 2.75) is 0 Å². The first-order valence-electron chi connectivity index (χ1n) is 4.39. The lowest BCUT2D eigenvalue weighted by Crippen LogP contribution is -1.82. The Labute approximate surface area is 80.4 Å². The lowest BCUT2D eigenvalue weighted by atomic mass is 10.2. The second kappa shape index (κ2) is 2.48. The van der Waals surface area contributed by atoms with Crippen molar-refractivity contribution in [3.63, 3.8) is 0 Å². The molecule has 1 heterocycles. The summed E-state index contributed by atoms with van der Waals surface area (Å²) in [5, 5.41) is 11.8. The molecule has 0 radical (unpaired) electrons. The van der Waals surface area contributed by atoms with E-state index in [4.69, 9.17) is 0 Å². The van der Waals surface area contributed by atoms with Gasteiger partial charge in [0.2, 0.25) is 0 Å². The van der Waals surface area contributed by atoms with Crippen LogP contribution in [0.5, 0.6) is 5.75 Å². The molecular formula is C11H8N2O. The van der Waals surface area contributed by atoms with Crippen LogP contribution in [0.25, 0.3) is 22.0 Å². The molecule has 0 bridgehead atoms. The van der Waals surface area contributed by atoms with Crippen LogP contribution in [0.15, 0.2) is 36.8 Å². The van der Waals surface area contributed by atoms with Gasteiger partial charge in [0.1, 0.15) is 5.75 Å². The molecule has 3 rings (SSSR count). The molecule has 3 heteroatoms. The zero-order valence-corrected chi connectivity index (χ0v) is 7.36. The Bertz CT molecular complexity index is 571. The quantitative estimate of drug-likeness (QED) is 0.563. The van der Waals surface area contributed by atoms with Gasteiger partial charge in [-0.3, -0.25) is 0 Å². The molecule has 0 amide bonds. The van der Waals surface area contributed by atoms with Gasteiger partial charge in [0.05, 0.1) is 17.6 Å². The number of aromatic hydroxyl groups is 1. The monoisotopic (exact) mass is 184 g/mol. The highest BCUT2D eigenvalue weighted by atomic mass is 16.3. The summed E-state index contributed by atoms with van der Waals surface area (Å²) in [5.41, 5.74) is 1.71. The summed E-state index contributed by atoms with van der Waals surface area (Å²) in [4.78, 5) is 7.00. The molecule has 0 atom stereocenters. The first kappa shape index (κ1) is 7.38. The van der Waals surface area contributed by atoms with Gasteiger partial charge in [-0.1, -0.05) is 24.3 Å². The average Bonchev–Trinajstić information content (AvgIpc) is 2.55. The standard InChI is InChI=1S/C11H8N2O/c14-11-8-4-2-1-3-7(8)10-9(11)5-12-6-13-10/h1-6,14H,(H,12,13). The zero-order valence-electron chi connectivity index (χ0n) is 7.36. The third-order valence-electron chi connectivity index (χ3n) is 2.46. The van der Waals surface area contributed by atoms with Gasteiger partial charge in [0.25, 0.3) is 0 Å². The van der Waals surface area contributed by atoms with Crippen LogP contribution < -0.4 is 0 Å². The van der Waals surface area contributed by atoms with Gasteiger partial charge < -0.3 is 10.1 Å².